The van der Waals surface area contributed by atoms with Gasteiger partial charge in [-0.2, -0.15) is 0 Å². The second kappa shape index (κ2) is 8.48. The Morgan fingerprint density at radius 2 is 1.05 bits per heavy atom. The number of carbonyl (C=O) groups is 4. The van der Waals surface area contributed by atoms with E-state index >= 15 is 0 Å². The van der Waals surface area contributed by atoms with Gasteiger partial charge in [-0.05, 0) is 60.5 Å². The van der Waals surface area contributed by atoms with Crippen molar-refractivity contribution in [1.82, 2.24) is 9.80 Å². The molecule has 8 atom stereocenters. The second-order valence-electron chi connectivity index (χ2n) is 11.9. The molecule has 6 nitrogen and oxygen atoms in total. The molecule has 2 saturated carbocycles. The largest absolute Gasteiger partial charge is 0.278 e. The predicted molar refractivity (Wildman–Crippen MR) is 141 cm³/mol. The molecule has 4 amide bonds. The van der Waals surface area contributed by atoms with Gasteiger partial charge in [-0.3, -0.25) is 29.0 Å². The van der Waals surface area contributed by atoms with Crippen LogP contribution in [0.25, 0.3) is 0 Å². The lowest BCUT2D eigenvalue weighted by atomic mass is 9.80. The van der Waals surface area contributed by atoms with Crippen molar-refractivity contribution < 1.29 is 19.2 Å². The average molecular weight is 509 g/mol. The van der Waals surface area contributed by atoms with E-state index in [1.807, 2.05) is 36.4 Å². The third-order valence-electron chi connectivity index (χ3n) is 10.2. The lowest BCUT2D eigenvalue weighted by Crippen LogP contribution is -2.35. The van der Waals surface area contributed by atoms with Crippen LogP contribution >= 0.6 is 0 Å². The summed E-state index contributed by atoms with van der Waals surface area (Å²) < 4.78 is 0. The predicted octanol–water partition coefficient (Wildman–Crippen LogP) is 4.19. The fourth-order valence-corrected chi connectivity index (χ4v) is 8.66. The molecule has 194 valence electrons. The summed E-state index contributed by atoms with van der Waals surface area (Å²) in [7, 11) is 0. The van der Waals surface area contributed by atoms with Crippen LogP contribution in [0.15, 0.2) is 72.9 Å². The lowest BCUT2D eigenvalue weighted by molar-refractivity contribution is -0.143. The highest BCUT2D eigenvalue weighted by atomic mass is 16.2. The van der Waals surface area contributed by atoms with Gasteiger partial charge in [0.05, 0.1) is 36.8 Å². The monoisotopic (exact) mass is 508 g/mol. The molecule has 0 aromatic heterocycles. The van der Waals surface area contributed by atoms with Crippen molar-refractivity contribution >= 4 is 23.6 Å². The maximum absolute atomic E-state index is 13.5. The summed E-state index contributed by atoms with van der Waals surface area (Å²) in [6, 6.07) is 7.57. The van der Waals surface area contributed by atoms with Crippen molar-refractivity contribution in [3.63, 3.8) is 0 Å². The molecule has 1 aromatic rings. The summed E-state index contributed by atoms with van der Waals surface area (Å²) in [6.07, 6.45) is 11.4. The van der Waals surface area contributed by atoms with Crippen LogP contribution < -0.4 is 0 Å². The van der Waals surface area contributed by atoms with Crippen LogP contribution in [0.3, 0.4) is 0 Å². The van der Waals surface area contributed by atoms with Crippen LogP contribution in [0.5, 0.6) is 0 Å². The summed E-state index contributed by atoms with van der Waals surface area (Å²) in [5.74, 6) is -0.882. The highest BCUT2D eigenvalue weighted by Crippen LogP contribution is 2.57. The molecule has 2 aliphatic heterocycles. The highest BCUT2D eigenvalue weighted by molar-refractivity contribution is 6.07. The summed E-state index contributed by atoms with van der Waals surface area (Å²) >= 11 is 0. The molecule has 7 rings (SSSR count). The van der Waals surface area contributed by atoms with E-state index in [9.17, 15) is 19.2 Å². The molecule has 6 heteroatoms. The Bertz CT molecular complexity index is 1270. The molecule has 8 unspecified atom stereocenters. The van der Waals surface area contributed by atoms with Gasteiger partial charge >= 0.3 is 0 Å². The molecule has 6 aliphatic rings. The maximum Gasteiger partial charge on any atom is 0.234 e. The van der Waals surface area contributed by atoms with E-state index in [1.165, 1.54) is 20.9 Å². The van der Waals surface area contributed by atoms with Crippen LogP contribution in [0.2, 0.25) is 0 Å². The molecule has 0 radical (unpaired) electrons. The first-order valence-electron chi connectivity index (χ1n) is 13.8. The fraction of sp³-hybridized carbons (Fsp3) is 0.438. The Morgan fingerprint density at radius 1 is 0.658 bits per heavy atom. The Balaban J connectivity index is 1.10. The van der Waals surface area contributed by atoms with Crippen LogP contribution in [-0.4, -0.2) is 33.4 Å². The van der Waals surface area contributed by atoms with Crippen molar-refractivity contribution in [2.75, 3.05) is 0 Å². The molecule has 4 aliphatic carbocycles. The molecule has 2 heterocycles. The first kappa shape index (κ1) is 23.6. The summed E-state index contributed by atoms with van der Waals surface area (Å²) in [5.41, 5.74) is 4.11. The van der Waals surface area contributed by atoms with Crippen molar-refractivity contribution in [3.8, 4) is 0 Å². The van der Waals surface area contributed by atoms with Crippen molar-refractivity contribution in [2.24, 2.45) is 47.3 Å². The molecule has 2 saturated heterocycles. The zero-order valence-corrected chi connectivity index (χ0v) is 21.4. The van der Waals surface area contributed by atoms with E-state index in [0.29, 0.717) is 0 Å². The average Bonchev–Trinajstić information content (AvgIpc) is 3.73. The molecular weight excluding hydrogens is 476 g/mol. The van der Waals surface area contributed by atoms with Crippen LogP contribution in [-0.2, 0) is 32.3 Å². The maximum atomic E-state index is 13.5. The number of hydrogen-bond acceptors (Lipinski definition) is 4. The van der Waals surface area contributed by atoms with Gasteiger partial charge < -0.3 is 0 Å². The van der Waals surface area contributed by atoms with Gasteiger partial charge in [-0.1, -0.05) is 59.7 Å². The number of allylic oxidation sites excluding steroid dienone is 6. The minimum atomic E-state index is -0.270. The van der Waals surface area contributed by atoms with Crippen LogP contribution in [0.1, 0.15) is 36.8 Å². The molecule has 4 fully saturated rings. The van der Waals surface area contributed by atoms with Crippen molar-refractivity contribution in [2.45, 2.75) is 38.8 Å². The number of nitrogens with zero attached hydrogens (tertiary/aromatic N) is 2. The molecule has 4 bridgehead atoms. The Hall–Kier alpha value is -3.54. The fourth-order valence-electron chi connectivity index (χ4n) is 8.66. The molecule has 1 aromatic carbocycles. The lowest BCUT2D eigenvalue weighted by Gasteiger charge is -2.23. The Morgan fingerprint density at radius 3 is 1.45 bits per heavy atom. The van der Waals surface area contributed by atoms with Gasteiger partial charge in [0.2, 0.25) is 23.6 Å². The Labute approximate surface area is 222 Å². The second-order valence-corrected chi connectivity index (χ2v) is 11.9. The number of hydrogen-bond donors (Lipinski definition) is 0. The highest BCUT2D eigenvalue weighted by Gasteiger charge is 2.62. The quantitative estimate of drug-likeness (QED) is 0.390. The Kier molecular flexibility index (Phi) is 5.26. The summed E-state index contributed by atoms with van der Waals surface area (Å²) in [5, 5.41) is 0. The van der Waals surface area contributed by atoms with Crippen LogP contribution in [0, 0.1) is 47.3 Å². The third kappa shape index (κ3) is 3.12. The standard InChI is InChI=1S/C32H32N2O4/c1-3-7-17-11-21-13-23(17)27-25(21)29(35)33(31(27)37)15-19-9-5-6-10-20(19)16-34-30(36)26-22-12-18(8-4-2)24(14-22)28(26)32(34)38/h3-6,9-12,21-28H,1-2,7-8,13-16H2. The zero-order valence-electron chi connectivity index (χ0n) is 21.4. The minimum absolute atomic E-state index is 0.0859. The first-order chi connectivity index (χ1) is 18.4. The van der Waals surface area contributed by atoms with Gasteiger partial charge in [0.25, 0.3) is 0 Å². The number of rotatable bonds is 8. The smallest absolute Gasteiger partial charge is 0.234 e. The molecule has 0 spiro atoms. The SMILES string of the molecule is C=CCC1=CC2CC1C1C(=O)N(Cc3ccccc3CN3C(=O)C4C5C=C(CC=C)C(C5)C4C3=O)C(=O)C21. The van der Waals surface area contributed by atoms with Gasteiger partial charge in [0.1, 0.15) is 0 Å². The van der Waals surface area contributed by atoms with Crippen LogP contribution in [0.4, 0.5) is 0 Å². The van der Waals surface area contributed by atoms with E-state index in [0.717, 1.165) is 36.8 Å². The minimum Gasteiger partial charge on any atom is -0.278 e. The molecule has 0 N–H and O–H groups in total. The number of likely N-dealkylation sites (tertiary alicyclic amines) is 2. The number of fused-ring (bicyclic) bond motifs is 10. The molecule has 38 heavy (non-hydrogen) atoms. The van der Waals surface area contributed by atoms with Gasteiger partial charge in [0, 0.05) is 0 Å². The zero-order chi connectivity index (χ0) is 26.3. The number of benzene rings is 1. The molecular formula is C32H32N2O4. The van der Waals surface area contributed by atoms with Crippen molar-refractivity contribution in [1.29, 1.82) is 0 Å². The van der Waals surface area contributed by atoms with E-state index < -0.39 is 0 Å². The van der Waals surface area contributed by atoms with E-state index in [2.05, 4.69) is 25.3 Å². The summed E-state index contributed by atoms with van der Waals surface area (Å²) in [6.45, 7) is 8.04. The normalized spacial score (nSPS) is 36.2. The first-order valence-corrected chi connectivity index (χ1v) is 13.8. The summed E-state index contributed by atoms with van der Waals surface area (Å²) in [4.78, 5) is 56.8. The topological polar surface area (TPSA) is 74.8 Å². The van der Waals surface area contributed by atoms with E-state index in [-0.39, 0.29) is 84.1 Å². The number of imide groups is 2. The van der Waals surface area contributed by atoms with E-state index in [4.69, 9.17) is 0 Å². The van der Waals surface area contributed by atoms with Gasteiger partial charge in [0.15, 0.2) is 0 Å². The van der Waals surface area contributed by atoms with Gasteiger partial charge in [-0.15, -0.1) is 13.2 Å². The van der Waals surface area contributed by atoms with Gasteiger partial charge in [-0.25, -0.2) is 0 Å². The number of carbonyl (C=O) groups excluding carboxylic acids is 4. The third-order valence-corrected chi connectivity index (χ3v) is 10.2. The van der Waals surface area contributed by atoms with E-state index in [1.54, 1.807) is 0 Å². The number of amides is 4. The van der Waals surface area contributed by atoms with Crippen molar-refractivity contribution in [3.05, 3.63) is 84.0 Å².